The Hall–Kier alpha value is -5.94. The van der Waals surface area contributed by atoms with E-state index in [1.54, 1.807) is 31.7 Å². The average molecular weight is 1100 g/mol. The lowest BCUT2D eigenvalue weighted by Crippen LogP contribution is -2.43. The number of nitrogens with one attached hydrogen (secondary N) is 4. The normalized spacial score (nSPS) is 16.8. The van der Waals surface area contributed by atoms with E-state index in [9.17, 15) is 22.8 Å². The summed E-state index contributed by atoms with van der Waals surface area (Å²) < 4.78 is 67.8. The molecule has 0 spiro atoms. The molecule has 2 saturated heterocycles. The van der Waals surface area contributed by atoms with Crippen LogP contribution in [0.15, 0.2) is 107 Å². The summed E-state index contributed by atoms with van der Waals surface area (Å²) in [6.45, 7) is 7.72. The minimum absolute atomic E-state index is 0.123. The summed E-state index contributed by atoms with van der Waals surface area (Å²) in [6.07, 6.45) is 4.77. The molecular formula is C54H67BrF3N11O6. The first kappa shape index (κ1) is 55.3. The zero-order valence-corrected chi connectivity index (χ0v) is 44.1. The van der Waals surface area contributed by atoms with Crippen LogP contribution in [0.5, 0.6) is 0 Å². The Kier molecular flexibility index (Phi) is 20.1. The fraction of sp³-hybridized carbons (Fsp3) is 0.463. The van der Waals surface area contributed by atoms with Crippen LogP contribution < -0.4 is 26.8 Å². The van der Waals surface area contributed by atoms with Gasteiger partial charge in [-0.1, -0.05) is 42.5 Å². The molecule has 2 fully saturated rings. The molecule has 17 nitrogen and oxygen atoms in total. The van der Waals surface area contributed by atoms with E-state index in [0.717, 1.165) is 79.9 Å². The Balaban J connectivity index is 0.647. The van der Waals surface area contributed by atoms with Crippen molar-refractivity contribution in [2.45, 2.75) is 56.5 Å². The van der Waals surface area contributed by atoms with E-state index in [2.05, 4.69) is 69.1 Å². The highest BCUT2D eigenvalue weighted by Gasteiger charge is 2.31. The van der Waals surface area contributed by atoms with Crippen LogP contribution in [0.25, 0.3) is 22.2 Å². The van der Waals surface area contributed by atoms with Crippen LogP contribution in [0.4, 0.5) is 30.2 Å². The maximum Gasteiger partial charge on any atom is 0.406 e. The van der Waals surface area contributed by atoms with Crippen molar-refractivity contribution in [3.05, 3.63) is 129 Å². The van der Waals surface area contributed by atoms with E-state index in [4.69, 9.17) is 18.9 Å². The number of amides is 1. The number of alkyl halides is 3. The molecule has 21 heteroatoms. The van der Waals surface area contributed by atoms with Crippen LogP contribution in [0.2, 0.25) is 0 Å². The van der Waals surface area contributed by atoms with Crippen molar-refractivity contribution in [1.29, 1.82) is 0 Å². The largest absolute Gasteiger partial charge is 0.406 e. The predicted molar refractivity (Wildman–Crippen MR) is 287 cm³/mol. The van der Waals surface area contributed by atoms with Gasteiger partial charge >= 0.3 is 6.18 Å². The molecule has 2 aliphatic rings. The number of rotatable bonds is 26. The summed E-state index contributed by atoms with van der Waals surface area (Å²) in [5, 5.41) is 18.2. The standard InChI is InChI=1S/C54H67BrF3N11O6/c1-66-34-42(28-44(35-66)65-48-33-63-67(2)53(71)51(48)55)39-10-12-41(13-11-39)52(70)61-16-20-72-22-24-74-26-27-75-25-23-73-21-19-68-17-14-43(15-18-68)64-47-4-3-5-49-46(47)29-50(69(49)36-54(56,57)58)40-8-6-38(7-9-40)30-62-45-31-59-37-60-32-45/h3-13,29,31-33,37,42-44,62,64-65H,14-28,30,34-36H2,1-2H3,(H,61,70)/t42-,44+/m0/s1. The molecule has 8 rings (SSSR count). The molecule has 75 heavy (non-hydrogen) atoms. The molecule has 0 radical (unpaired) electrons. The van der Waals surface area contributed by atoms with Gasteiger partial charge in [-0.15, -0.1) is 0 Å². The van der Waals surface area contributed by atoms with Crippen LogP contribution in [-0.4, -0.2) is 157 Å². The first-order valence-corrected chi connectivity index (χ1v) is 26.3. The number of hydrogen-bond acceptors (Lipinski definition) is 14. The average Bonchev–Trinajstić information content (AvgIpc) is 3.79. The number of fused-ring (bicyclic) bond motifs is 1. The summed E-state index contributed by atoms with van der Waals surface area (Å²) in [5.74, 6) is 0.104. The van der Waals surface area contributed by atoms with E-state index in [0.29, 0.717) is 98.4 Å². The van der Waals surface area contributed by atoms with E-state index in [-0.39, 0.29) is 29.5 Å². The summed E-state index contributed by atoms with van der Waals surface area (Å²) in [4.78, 5) is 37.8. The second kappa shape index (κ2) is 27.2. The molecule has 3 aromatic carbocycles. The fourth-order valence-corrected chi connectivity index (χ4v) is 10.1. The molecule has 0 saturated carbocycles. The predicted octanol–water partition coefficient (Wildman–Crippen LogP) is 7.40. The number of benzene rings is 3. The SMILES string of the molecule is CN1C[C@H](Nc2cnn(C)c(=O)c2Br)C[C@H](c2ccc(C(=O)NCCOCCOCCOCCOCCN3CCC(Nc4cccc5c4cc(-c4ccc(CNc6cncnc6)cc4)n5CC(F)(F)F)CC3)cc2)C1. The molecule has 2 aliphatic heterocycles. The molecular weight excluding hydrogens is 1040 g/mol. The number of nitrogens with zero attached hydrogens (tertiary/aromatic N) is 7. The number of aromatic nitrogens is 5. The van der Waals surface area contributed by atoms with E-state index >= 15 is 0 Å². The highest BCUT2D eigenvalue weighted by Crippen LogP contribution is 2.36. The van der Waals surface area contributed by atoms with Crippen LogP contribution in [0.3, 0.4) is 0 Å². The van der Waals surface area contributed by atoms with Gasteiger partial charge in [0.1, 0.15) is 17.3 Å². The molecule has 5 heterocycles. The maximum absolute atomic E-state index is 14.0. The van der Waals surface area contributed by atoms with E-state index < -0.39 is 12.7 Å². The zero-order chi connectivity index (χ0) is 52.6. The third-order valence-corrected chi connectivity index (χ3v) is 14.2. The molecule has 4 N–H and O–H groups in total. The molecule has 2 atom stereocenters. The van der Waals surface area contributed by atoms with Crippen molar-refractivity contribution in [3.63, 3.8) is 0 Å². The zero-order valence-electron chi connectivity index (χ0n) is 42.5. The van der Waals surface area contributed by atoms with Gasteiger partial charge in [0.15, 0.2) is 0 Å². The summed E-state index contributed by atoms with van der Waals surface area (Å²) in [5.41, 5.74) is 6.59. The van der Waals surface area contributed by atoms with Gasteiger partial charge in [0.05, 0.1) is 88.3 Å². The van der Waals surface area contributed by atoms with Crippen molar-refractivity contribution in [3.8, 4) is 11.3 Å². The maximum atomic E-state index is 14.0. The topological polar surface area (TPSA) is 174 Å². The Bertz CT molecular complexity index is 2800. The number of carbonyl (C=O) groups excluding carboxylic acids is 1. The third-order valence-electron chi connectivity index (χ3n) is 13.5. The molecule has 1 amide bonds. The summed E-state index contributed by atoms with van der Waals surface area (Å²) in [6, 6.07) is 23.0. The number of carbonyl (C=O) groups is 1. The lowest BCUT2D eigenvalue weighted by atomic mass is 9.87. The van der Waals surface area contributed by atoms with Crippen LogP contribution in [0, 0.1) is 0 Å². The van der Waals surface area contributed by atoms with Gasteiger partial charge in [0, 0.05) is 87.3 Å². The number of piperidine rings is 2. The number of hydrogen-bond donors (Lipinski definition) is 4. The lowest BCUT2D eigenvalue weighted by molar-refractivity contribution is -0.139. The van der Waals surface area contributed by atoms with Crippen molar-refractivity contribution in [2.75, 3.05) is 115 Å². The van der Waals surface area contributed by atoms with Gasteiger partial charge in [-0.05, 0) is 95.2 Å². The molecule has 0 unspecified atom stereocenters. The second-order valence-corrected chi connectivity index (χ2v) is 19.8. The minimum Gasteiger partial charge on any atom is -0.382 e. The number of halogens is 4. The van der Waals surface area contributed by atoms with E-state index in [1.165, 1.54) is 15.6 Å². The Morgan fingerprint density at radius 1 is 0.787 bits per heavy atom. The molecule has 0 bridgehead atoms. The number of likely N-dealkylation sites (N-methyl/N-ethyl adjacent to an activating group) is 1. The Labute approximate surface area is 443 Å². The van der Waals surface area contributed by atoms with Gasteiger partial charge in [-0.3, -0.25) is 9.59 Å². The van der Waals surface area contributed by atoms with E-state index in [1.807, 2.05) is 66.7 Å². The Morgan fingerprint density at radius 2 is 1.45 bits per heavy atom. The monoisotopic (exact) mass is 1100 g/mol. The quantitative estimate of drug-likeness (QED) is 0.0396. The smallest absolute Gasteiger partial charge is 0.382 e. The van der Waals surface area contributed by atoms with Crippen LogP contribution >= 0.6 is 15.9 Å². The number of likely N-dealkylation sites (tertiary alicyclic amines) is 2. The first-order chi connectivity index (χ1) is 36.4. The molecule has 0 aliphatic carbocycles. The molecule has 402 valence electrons. The number of ether oxygens (including phenoxy) is 4. The number of anilines is 3. The van der Waals surface area contributed by atoms with Crippen molar-refractivity contribution in [2.24, 2.45) is 7.05 Å². The highest BCUT2D eigenvalue weighted by molar-refractivity contribution is 9.10. The van der Waals surface area contributed by atoms with Crippen molar-refractivity contribution < 1.29 is 36.9 Å². The minimum atomic E-state index is -4.39. The van der Waals surface area contributed by atoms with Gasteiger partial charge in [-0.25, -0.2) is 14.6 Å². The van der Waals surface area contributed by atoms with Crippen molar-refractivity contribution in [1.82, 2.24) is 39.4 Å². The van der Waals surface area contributed by atoms with Crippen LogP contribution in [0.1, 0.15) is 46.7 Å². The molecule has 3 aromatic heterocycles. The van der Waals surface area contributed by atoms with Gasteiger partial charge in [0.25, 0.3) is 11.5 Å². The molecule has 6 aromatic rings. The third kappa shape index (κ3) is 16.3. The summed E-state index contributed by atoms with van der Waals surface area (Å²) in [7, 11) is 3.70. The number of aryl methyl sites for hydroxylation is 1. The van der Waals surface area contributed by atoms with Crippen LogP contribution in [-0.2, 0) is 39.1 Å². The van der Waals surface area contributed by atoms with Gasteiger partial charge in [0.2, 0.25) is 0 Å². The van der Waals surface area contributed by atoms with Gasteiger partial charge in [-0.2, -0.15) is 18.3 Å². The first-order valence-electron chi connectivity index (χ1n) is 25.5. The summed E-state index contributed by atoms with van der Waals surface area (Å²) >= 11 is 3.41. The Morgan fingerprint density at radius 3 is 2.15 bits per heavy atom. The lowest BCUT2D eigenvalue weighted by Gasteiger charge is -2.37. The van der Waals surface area contributed by atoms with Gasteiger partial charge < -0.3 is 54.6 Å². The second-order valence-electron chi connectivity index (χ2n) is 19.0. The fourth-order valence-electron chi connectivity index (χ4n) is 9.61. The van der Waals surface area contributed by atoms with Crippen molar-refractivity contribution >= 4 is 49.8 Å². The highest BCUT2D eigenvalue weighted by atomic mass is 79.9.